The molecule has 0 spiro atoms. The van der Waals surface area contributed by atoms with Crippen molar-refractivity contribution in [2.45, 2.75) is 39.2 Å². The highest BCUT2D eigenvalue weighted by atomic mass is 19.4. The summed E-state index contributed by atoms with van der Waals surface area (Å²) in [5, 5.41) is 20.1. The van der Waals surface area contributed by atoms with Gasteiger partial charge in [-0.2, -0.15) is 18.2 Å². The van der Waals surface area contributed by atoms with Gasteiger partial charge < -0.3 is 20.4 Å². The third-order valence-corrected chi connectivity index (χ3v) is 6.24. The molecule has 1 saturated heterocycles. The third-order valence-electron chi connectivity index (χ3n) is 6.24. The second-order valence-corrected chi connectivity index (χ2v) is 8.98. The maximum atomic E-state index is 13.7. The highest BCUT2D eigenvalue weighted by Gasteiger charge is 2.38. The standard InChI is InChI=1S/C24H26N6O5.C2HF3O2/c1-3-4-12-28-19-20(26-23(28)27-13-10-25-11-14-27)30(16(2)22(33)34)24(35)29(21(19)32)15-18(31)17-8-6-5-7-9-17;3-2(4,5)1(6)7/h5-9,16,25H,10-15H2,1-2H3,(H,33,34);(H,6,7). The number of ketones is 1. The van der Waals surface area contributed by atoms with Crippen molar-refractivity contribution in [1.29, 1.82) is 0 Å². The molecule has 1 aromatic carbocycles. The molecule has 3 N–H and O–H groups in total. The number of aromatic nitrogens is 4. The first-order valence-corrected chi connectivity index (χ1v) is 12.5. The molecule has 2 aromatic heterocycles. The van der Waals surface area contributed by atoms with Crippen molar-refractivity contribution in [3.63, 3.8) is 0 Å². The largest absolute Gasteiger partial charge is 0.490 e. The lowest BCUT2D eigenvalue weighted by molar-refractivity contribution is -0.192. The van der Waals surface area contributed by atoms with Gasteiger partial charge in [-0.25, -0.2) is 14.4 Å². The number of hydrogen-bond donors (Lipinski definition) is 3. The lowest BCUT2D eigenvalue weighted by atomic mass is 10.1. The fraction of sp³-hybridized carbons (Fsp3) is 0.385. The van der Waals surface area contributed by atoms with E-state index in [4.69, 9.17) is 9.90 Å². The molecule has 0 saturated carbocycles. The first-order chi connectivity index (χ1) is 19.8. The molecule has 1 aliphatic heterocycles. The molecule has 0 radical (unpaired) electrons. The first-order valence-electron chi connectivity index (χ1n) is 12.5. The molecule has 16 heteroatoms. The monoisotopic (exact) mass is 592 g/mol. The second-order valence-electron chi connectivity index (χ2n) is 8.98. The van der Waals surface area contributed by atoms with E-state index in [0.29, 0.717) is 37.7 Å². The number of aliphatic carboxylic acids is 2. The van der Waals surface area contributed by atoms with E-state index in [1.165, 1.54) is 6.92 Å². The molecule has 13 nitrogen and oxygen atoms in total. The number of nitrogens with zero attached hydrogens (tertiary/aromatic N) is 5. The Labute approximate surface area is 235 Å². The number of halogens is 3. The summed E-state index contributed by atoms with van der Waals surface area (Å²) in [5.41, 5.74) is -1.28. The first kappa shape index (κ1) is 31.6. The Morgan fingerprint density at radius 2 is 1.67 bits per heavy atom. The number of benzene rings is 1. The van der Waals surface area contributed by atoms with Crippen molar-refractivity contribution >= 4 is 34.8 Å². The summed E-state index contributed by atoms with van der Waals surface area (Å²) < 4.78 is 35.1. The van der Waals surface area contributed by atoms with Crippen molar-refractivity contribution in [3.8, 4) is 11.8 Å². The number of alkyl halides is 3. The number of piperazine rings is 1. The van der Waals surface area contributed by atoms with E-state index < -0.39 is 47.7 Å². The van der Waals surface area contributed by atoms with Gasteiger partial charge in [0.15, 0.2) is 16.9 Å². The molecule has 224 valence electrons. The number of fused-ring (bicyclic) bond motifs is 1. The summed E-state index contributed by atoms with van der Waals surface area (Å²) in [6.45, 7) is 5.23. The smallest absolute Gasteiger partial charge is 0.480 e. The van der Waals surface area contributed by atoms with Crippen LogP contribution in [0.15, 0.2) is 39.9 Å². The van der Waals surface area contributed by atoms with Crippen molar-refractivity contribution in [1.82, 2.24) is 24.0 Å². The van der Waals surface area contributed by atoms with Crippen LogP contribution in [0.25, 0.3) is 11.2 Å². The van der Waals surface area contributed by atoms with E-state index in [-0.39, 0.29) is 17.7 Å². The average molecular weight is 593 g/mol. The van der Waals surface area contributed by atoms with Crippen LogP contribution in [0.4, 0.5) is 19.1 Å². The predicted octanol–water partition coefficient (Wildman–Crippen LogP) is 0.954. The zero-order valence-electron chi connectivity index (χ0n) is 22.5. The van der Waals surface area contributed by atoms with Gasteiger partial charge >= 0.3 is 23.8 Å². The van der Waals surface area contributed by atoms with Crippen molar-refractivity contribution in [3.05, 3.63) is 56.7 Å². The van der Waals surface area contributed by atoms with Gasteiger partial charge in [0.25, 0.3) is 5.56 Å². The van der Waals surface area contributed by atoms with Gasteiger partial charge in [0, 0.05) is 31.7 Å². The fourth-order valence-electron chi connectivity index (χ4n) is 4.12. The predicted molar refractivity (Wildman–Crippen MR) is 144 cm³/mol. The van der Waals surface area contributed by atoms with E-state index in [9.17, 15) is 37.5 Å². The summed E-state index contributed by atoms with van der Waals surface area (Å²) in [5.74, 6) is 1.70. The van der Waals surface area contributed by atoms with Crippen LogP contribution in [0, 0.1) is 11.8 Å². The Kier molecular flexibility index (Phi) is 9.91. The van der Waals surface area contributed by atoms with Crippen LogP contribution in [0.2, 0.25) is 0 Å². The SMILES string of the molecule is CC#CCn1c(N2CCNCC2)nc2c1c(=O)n(CC(=O)c1ccccc1)c(=O)n2C(C)C(=O)O.O=C(O)C(F)(F)F. The minimum Gasteiger partial charge on any atom is -0.480 e. The molecule has 1 atom stereocenters. The van der Waals surface area contributed by atoms with E-state index in [2.05, 4.69) is 22.1 Å². The normalized spacial score (nSPS) is 13.9. The van der Waals surface area contributed by atoms with Crippen LogP contribution in [0.5, 0.6) is 0 Å². The Morgan fingerprint density at radius 3 is 2.19 bits per heavy atom. The molecular weight excluding hydrogens is 565 g/mol. The number of imidazole rings is 1. The molecular formula is C26H27F3N6O7. The summed E-state index contributed by atoms with van der Waals surface area (Å²) in [6.07, 6.45) is -5.08. The number of anilines is 1. The number of carbonyl (C=O) groups is 3. The van der Waals surface area contributed by atoms with Crippen LogP contribution in [-0.2, 0) is 22.7 Å². The summed E-state index contributed by atoms with van der Waals surface area (Å²) in [4.78, 5) is 67.3. The second kappa shape index (κ2) is 13.2. The highest BCUT2D eigenvalue weighted by molar-refractivity contribution is 5.96. The van der Waals surface area contributed by atoms with Crippen molar-refractivity contribution < 1.29 is 37.8 Å². The topological polar surface area (TPSA) is 169 Å². The summed E-state index contributed by atoms with van der Waals surface area (Å²) in [7, 11) is 0. The molecule has 42 heavy (non-hydrogen) atoms. The Balaban J connectivity index is 0.000000616. The molecule has 3 aromatic rings. The lowest BCUT2D eigenvalue weighted by Crippen LogP contribution is -2.45. The van der Waals surface area contributed by atoms with Crippen molar-refractivity contribution in [2.24, 2.45) is 0 Å². The lowest BCUT2D eigenvalue weighted by Gasteiger charge is -2.28. The number of carbonyl (C=O) groups excluding carboxylic acids is 1. The van der Waals surface area contributed by atoms with Crippen molar-refractivity contribution in [2.75, 3.05) is 31.1 Å². The Hall–Kier alpha value is -4.91. The maximum Gasteiger partial charge on any atom is 0.490 e. The highest BCUT2D eigenvalue weighted by Crippen LogP contribution is 2.22. The average Bonchev–Trinajstić information content (AvgIpc) is 3.33. The Morgan fingerprint density at radius 1 is 1.07 bits per heavy atom. The van der Waals surface area contributed by atoms with Gasteiger partial charge in [0.2, 0.25) is 5.95 Å². The minimum absolute atomic E-state index is 0.0369. The molecule has 1 fully saturated rings. The number of rotatable bonds is 7. The summed E-state index contributed by atoms with van der Waals surface area (Å²) in [6, 6.07) is 6.98. The van der Waals surface area contributed by atoms with Gasteiger partial charge in [0.1, 0.15) is 6.04 Å². The quantitative estimate of drug-likeness (QED) is 0.265. The van der Waals surface area contributed by atoms with Gasteiger partial charge in [-0.15, -0.1) is 5.92 Å². The number of carboxylic acid groups (broad SMARTS) is 2. The molecule has 1 unspecified atom stereocenters. The van der Waals surface area contributed by atoms with E-state index >= 15 is 0 Å². The number of Topliss-reactive ketones (excluding diaryl/α,β-unsaturated/α-hetero) is 1. The summed E-state index contributed by atoms with van der Waals surface area (Å²) >= 11 is 0. The van der Waals surface area contributed by atoms with Gasteiger partial charge in [-0.1, -0.05) is 36.3 Å². The van der Waals surface area contributed by atoms with E-state index in [1.54, 1.807) is 41.8 Å². The van der Waals surface area contributed by atoms with Crippen LogP contribution >= 0.6 is 0 Å². The van der Waals surface area contributed by atoms with Gasteiger partial charge in [-0.05, 0) is 13.8 Å². The van der Waals surface area contributed by atoms with Crippen LogP contribution in [0.1, 0.15) is 30.2 Å². The molecule has 3 heterocycles. The number of hydrogen-bond acceptors (Lipinski definition) is 8. The van der Waals surface area contributed by atoms with E-state index in [1.807, 2.05) is 4.90 Å². The maximum absolute atomic E-state index is 13.7. The number of nitrogens with one attached hydrogen (secondary N) is 1. The van der Waals surface area contributed by atoms with Crippen LogP contribution in [0.3, 0.4) is 0 Å². The Bertz CT molecular complexity index is 1660. The number of carboxylic acids is 2. The zero-order chi connectivity index (χ0) is 31.2. The fourth-order valence-corrected chi connectivity index (χ4v) is 4.12. The molecule has 0 amide bonds. The van der Waals surface area contributed by atoms with E-state index in [0.717, 1.165) is 9.13 Å². The molecule has 0 bridgehead atoms. The molecule has 1 aliphatic rings. The van der Waals surface area contributed by atoms with Crippen LogP contribution in [-0.4, -0.2) is 79.0 Å². The van der Waals surface area contributed by atoms with Gasteiger partial charge in [0.05, 0.1) is 13.1 Å². The minimum atomic E-state index is -5.08. The molecule has 4 rings (SSSR count). The third kappa shape index (κ3) is 6.86. The molecule has 0 aliphatic carbocycles. The van der Waals surface area contributed by atoms with Crippen LogP contribution < -0.4 is 21.5 Å². The van der Waals surface area contributed by atoms with Gasteiger partial charge in [-0.3, -0.25) is 23.3 Å². The zero-order valence-corrected chi connectivity index (χ0v) is 22.5.